The van der Waals surface area contributed by atoms with Crippen LogP contribution >= 0.6 is 0 Å². The molecule has 0 aliphatic rings. The highest BCUT2D eigenvalue weighted by molar-refractivity contribution is 5.87. The van der Waals surface area contributed by atoms with Gasteiger partial charge < -0.3 is 11.1 Å². The van der Waals surface area contributed by atoms with Crippen molar-refractivity contribution in [2.75, 3.05) is 5.32 Å². The smallest absolute Gasteiger partial charge is 0.242 e. The fourth-order valence-corrected chi connectivity index (χ4v) is 2.06. The number of amides is 1. The summed E-state index contributed by atoms with van der Waals surface area (Å²) >= 11 is 0. The van der Waals surface area contributed by atoms with Gasteiger partial charge >= 0.3 is 0 Å². The summed E-state index contributed by atoms with van der Waals surface area (Å²) in [4.78, 5) is 11.4. The lowest BCUT2D eigenvalue weighted by Gasteiger charge is -2.28. The van der Waals surface area contributed by atoms with E-state index in [1.807, 2.05) is 13.8 Å². The van der Waals surface area contributed by atoms with Gasteiger partial charge in [-0.05, 0) is 76.3 Å². The summed E-state index contributed by atoms with van der Waals surface area (Å²) in [5.74, 6) is -0.350. The Hall–Kier alpha value is -1.51. The average Bonchev–Trinajstić information content (AvgIpc) is 2.41. The van der Waals surface area contributed by atoms with E-state index < -0.39 is 5.54 Å². The number of primary amides is 1. The highest BCUT2D eigenvalue weighted by Gasteiger charge is 2.26. The molecule has 0 bridgehead atoms. The number of rotatable bonds is 3. The molecule has 0 radical (unpaired) electrons. The zero-order valence-electron chi connectivity index (χ0n) is 14.5. The largest absolute Gasteiger partial charge is 0.371 e. The molecular weight excluding hydrogens is 248 g/mol. The summed E-state index contributed by atoms with van der Waals surface area (Å²) in [5, 5.41) is 3.29. The van der Waals surface area contributed by atoms with Crippen molar-refractivity contribution < 1.29 is 4.79 Å². The minimum absolute atomic E-state index is 0.350. The van der Waals surface area contributed by atoms with Gasteiger partial charge in [-0.25, -0.2) is 0 Å². The predicted octanol–water partition coefficient (Wildman–Crippen LogP) is 3.93. The number of nitrogens with one attached hydrogen (secondary N) is 1. The highest BCUT2D eigenvalue weighted by atomic mass is 16.1. The fourth-order valence-electron chi connectivity index (χ4n) is 2.06. The zero-order chi connectivity index (χ0) is 16.2. The molecule has 0 unspecified atom stereocenters. The van der Waals surface area contributed by atoms with Crippen molar-refractivity contribution in [1.82, 2.24) is 0 Å². The molecule has 0 fully saturated rings. The molecule has 1 rings (SSSR count). The van der Waals surface area contributed by atoms with Crippen LogP contribution < -0.4 is 11.1 Å². The molecule has 1 amide bonds. The molecule has 0 saturated carbocycles. The highest BCUT2D eigenvalue weighted by Crippen LogP contribution is 2.31. The molecule has 3 heteroatoms. The topological polar surface area (TPSA) is 55.1 Å². The molecule has 0 aromatic heterocycles. The normalized spacial score (nSPS) is 10.7. The summed E-state index contributed by atoms with van der Waals surface area (Å²) in [5.41, 5.74) is 11.9. The summed E-state index contributed by atoms with van der Waals surface area (Å²) in [6.45, 7) is 18.1. The third kappa shape index (κ3) is 3.53. The van der Waals surface area contributed by atoms with Gasteiger partial charge in [0.15, 0.2) is 0 Å². The Morgan fingerprint density at radius 1 is 0.850 bits per heavy atom. The van der Waals surface area contributed by atoms with Crippen LogP contribution in [0.1, 0.15) is 55.5 Å². The van der Waals surface area contributed by atoms with Crippen LogP contribution in [0.15, 0.2) is 0 Å². The Bertz CT molecular complexity index is 473. The number of benzene rings is 1. The van der Waals surface area contributed by atoms with E-state index in [1.165, 1.54) is 27.8 Å². The van der Waals surface area contributed by atoms with Crippen molar-refractivity contribution in [3.63, 3.8) is 0 Å². The summed E-state index contributed by atoms with van der Waals surface area (Å²) in [6, 6.07) is 0. The van der Waals surface area contributed by atoms with Crippen LogP contribution in [0.2, 0.25) is 0 Å². The van der Waals surface area contributed by atoms with E-state index in [2.05, 4.69) is 39.9 Å². The van der Waals surface area contributed by atoms with Crippen LogP contribution in [0.3, 0.4) is 0 Å². The van der Waals surface area contributed by atoms with Gasteiger partial charge in [0.25, 0.3) is 0 Å². The lowest BCUT2D eigenvalue weighted by Crippen LogP contribution is -2.45. The molecule has 0 aliphatic heterocycles. The first-order chi connectivity index (χ1) is 9.09. The Labute approximate surface area is 124 Å². The van der Waals surface area contributed by atoms with E-state index in [-0.39, 0.29) is 5.91 Å². The minimum Gasteiger partial charge on any atom is -0.371 e. The van der Waals surface area contributed by atoms with E-state index in [0.717, 1.165) is 5.69 Å². The predicted molar refractivity (Wildman–Crippen MR) is 88.4 cm³/mol. The second kappa shape index (κ2) is 6.78. The van der Waals surface area contributed by atoms with Crippen LogP contribution in [0.25, 0.3) is 0 Å². The van der Waals surface area contributed by atoms with Gasteiger partial charge in [-0.1, -0.05) is 13.8 Å². The summed E-state index contributed by atoms with van der Waals surface area (Å²) < 4.78 is 0. The monoisotopic (exact) mass is 278 g/mol. The van der Waals surface area contributed by atoms with Crippen molar-refractivity contribution >= 4 is 11.6 Å². The third-order valence-corrected chi connectivity index (χ3v) is 4.05. The number of carbonyl (C=O) groups excluding carboxylic acids is 1. The van der Waals surface area contributed by atoms with Gasteiger partial charge in [-0.2, -0.15) is 0 Å². The molecular formula is C17H30N2O. The second-order valence-corrected chi connectivity index (χ2v) is 5.61. The molecule has 20 heavy (non-hydrogen) atoms. The average molecular weight is 278 g/mol. The lowest BCUT2D eigenvalue weighted by atomic mass is 9.91. The quantitative estimate of drug-likeness (QED) is 0.880. The van der Waals surface area contributed by atoms with Crippen molar-refractivity contribution in [3.8, 4) is 0 Å². The SMILES string of the molecule is CC.Cc1c(C)c(C)c(NC(C)(C)C(N)=O)c(C)c1C. The Kier molecular flexibility index (Phi) is 6.27. The maximum atomic E-state index is 11.4. The van der Waals surface area contributed by atoms with Gasteiger partial charge in [0.2, 0.25) is 5.91 Å². The first kappa shape index (κ1) is 18.5. The Balaban J connectivity index is 0.00000172. The molecule has 3 nitrogen and oxygen atoms in total. The maximum Gasteiger partial charge on any atom is 0.242 e. The third-order valence-electron chi connectivity index (χ3n) is 4.05. The minimum atomic E-state index is -0.746. The maximum absolute atomic E-state index is 11.4. The van der Waals surface area contributed by atoms with Gasteiger partial charge in [-0.3, -0.25) is 4.79 Å². The van der Waals surface area contributed by atoms with Crippen molar-refractivity contribution in [3.05, 3.63) is 27.8 Å². The molecule has 0 aliphatic carbocycles. The van der Waals surface area contributed by atoms with Crippen LogP contribution in [-0.4, -0.2) is 11.4 Å². The number of hydrogen-bond donors (Lipinski definition) is 2. The van der Waals surface area contributed by atoms with Crippen LogP contribution in [-0.2, 0) is 4.79 Å². The zero-order valence-corrected chi connectivity index (χ0v) is 14.5. The molecule has 1 aromatic rings. The van der Waals surface area contributed by atoms with Crippen molar-refractivity contribution in [2.24, 2.45) is 5.73 Å². The van der Waals surface area contributed by atoms with Gasteiger partial charge in [-0.15, -0.1) is 0 Å². The van der Waals surface area contributed by atoms with Gasteiger partial charge in [0.05, 0.1) is 0 Å². The Morgan fingerprint density at radius 3 is 1.45 bits per heavy atom. The molecule has 1 aromatic carbocycles. The van der Waals surface area contributed by atoms with Crippen molar-refractivity contribution in [1.29, 1.82) is 0 Å². The van der Waals surface area contributed by atoms with Gasteiger partial charge in [0.1, 0.15) is 5.54 Å². The van der Waals surface area contributed by atoms with E-state index in [1.54, 1.807) is 13.8 Å². The van der Waals surface area contributed by atoms with Crippen molar-refractivity contribution in [2.45, 2.75) is 67.9 Å². The van der Waals surface area contributed by atoms with E-state index >= 15 is 0 Å². The molecule has 0 saturated heterocycles. The molecule has 0 atom stereocenters. The van der Waals surface area contributed by atoms with E-state index in [9.17, 15) is 4.79 Å². The second-order valence-electron chi connectivity index (χ2n) is 5.61. The van der Waals surface area contributed by atoms with E-state index in [0.29, 0.717) is 0 Å². The summed E-state index contributed by atoms with van der Waals surface area (Å²) in [6.07, 6.45) is 0. The first-order valence-corrected chi connectivity index (χ1v) is 7.24. The number of anilines is 1. The number of hydrogen-bond acceptors (Lipinski definition) is 2. The molecule has 3 N–H and O–H groups in total. The summed E-state index contributed by atoms with van der Waals surface area (Å²) in [7, 11) is 0. The van der Waals surface area contributed by atoms with Crippen LogP contribution in [0.5, 0.6) is 0 Å². The fraction of sp³-hybridized carbons (Fsp3) is 0.588. The lowest BCUT2D eigenvalue weighted by molar-refractivity contribution is -0.121. The number of carbonyl (C=O) groups is 1. The van der Waals surface area contributed by atoms with Crippen LogP contribution in [0, 0.1) is 34.6 Å². The Morgan fingerprint density at radius 2 is 1.15 bits per heavy atom. The van der Waals surface area contributed by atoms with E-state index in [4.69, 9.17) is 5.73 Å². The molecule has 0 heterocycles. The molecule has 0 spiro atoms. The molecule has 114 valence electrons. The van der Waals surface area contributed by atoms with Crippen LogP contribution in [0.4, 0.5) is 5.69 Å². The first-order valence-electron chi connectivity index (χ1n) is 7.24. The number of nitrogens with two attached hydrogens (primary N) is 1. The van der Waals surface area contributed by atoms with Gasteiger partial charge in [0, 0.05) is 5.69 Å². The standard InChI is InChI=1S/C15H24N2O.C2H6/c1-8-9(2)11(4)13(12(5)10(8)3)17-15(6,7)14(16)18;1-2/h17H,1-7H3,(H2,16,18);1-2H3.